The third-order valence-corrected chi connectivity index (χ3v) is 3.27. The number of hydrogen-bond acceptors (Lipinski definition) is 6. The molecule has 8 heteroatoms. The summed E-state index contributed by atoms with van der Waals surface area (Å²) in [4.78, 5) is 32.2. The Morgan fingerprint density at radius 1 is 1.22 bits per heavy atom. The first-order chi connectivity index (χ1) is 11.1. The summed E-state index contributed by atoms with van der Waals surface area (Å²) in [5.41, 5.74) is 0.731. The van der Waals surface area contributed by atoms with Crippen molar-refractivity contribution in [3.05, 3.63) is 42.1 Å². The van der Waals surface area contributed by atoms with Crippen molar-refractivity contribution in [2.24, 2.45) is 0 Å². The first kappa shape index (κ1) is 16.8. The number of urea groups is 1. The van der Waals surface area contributed by atoms with Crippen molar-refractivity contribution in [1.29, 1.82) is 0 Å². The van der Waals surface area contributed by atoms with E-state index in [1.54, 1.807) is 37.4 Å². The van der Waals surface area contributed by atoms with Crippen LogP contribution in [0.1, 0.15) is 17.3 Å². The molecule has 1 aromatic heterocycles. The summed E-state index contributed by atoms with van der Waals surface area (Å²) in [5.74, 6) is -0.480. The SMILES string of the molecule is CCOC(=O)c1cnc(SC)nc1NC(=O)Nc1ccccc1. The molecule has 2 N–H and O–H groups in total. The van der Waals surface area contributed by atoms with Crippen LogP contribution in [0.25, 0.3) is 0 Å². The predicted octanol–water partition coefficient (Wildman–Crippen LogP) is 3.02. The monoisotopic (exact) mass is 332 g/mol. The lowest BCUT2D eigenvalue weighted by atomic mass is 10.3. The third kappa shape index (κ3) is 4.68. The molecule has 0 spiro atoms. The van der Waals surface area contributed by atoms with Gasteiger partial charge in [0.1, 0.15) is 5.56 Å². The zero-order valence-electron chi connectivity index (χ0n) is 12.7. The van der Waals surface area contributed by atoms with E-state index in [1.165, 1.54) is 18.0 Å². The van der Waals surface area contributed by atoms with E-state index in [4.69, 9.17) is 4.74 Å². The minimum absolute atomic E-state index is 0.105. The topological polar surface area (TPSA) is 93.2 Å². The summed E-state index contributed by atoms with van der Waals surface area (Å²) in [6.45, 7) is 1.92. The second-order valence-corrected chi connectivity index (χ2v) is 5.06. The molecule has 0 saturated heterocycles. The molecular weight excluding hydrogens is 316 g/mol. The Labute approximate surface area is 137 Å². The summed E-state index contributed by atoms with van der Waals surface area (Å²) in [6.07, 6.45) is 3.14. The summed E-state index contributed by atoms with van der Waals surface area (Å²) in [5, 5.41) is 5.65. The number of thioether (sulfide) groups is 1. The van der Waals surface area contributed by atoms with Crippen LogP contribution in [0.15, 0.2) is 41.7 Å². The molecule has 1 heterocycles. The normalized spacial score (nSPS) is 10.0. The van der Waals surface area contributed by atoms with Gasteiger partial charge in [-0.25, -0.2) is 19.6 Å². The highest BCUT2D eigenvalue weighted by Gasteiger charge is 2.17. The van der Waals surface area contributed by atoms with Crippen LogP contribution in [0, 0.1) is 0 Å². The van der Waals surface area contributed by atoms with Crippen molar-refractivity contribution in [1.82, 2.24) is 9.97 Å². The minimum Gasteiger partial charge on any atom is -0.462 e. The molecule has 0 fully saturated rings. The van der Waals surface area contributed by atoms with Crippen LogP contribution in [0.5, 0.6) is 0 Å². The fraction of sp³-hybridized carbons (Fsp3) is 0.200. The van der Waals surface area contributed by atoms with E-state index < -0.39 is 12.0 Å². The van der Waals surface area contributed by atoms with Crippen molar-refractivity contribution in [3.63, 3.8) is 0 Å². The van der Waals surface area contributed by atoms with Crippen LogP contribution in [0.3, 0.4) is 0 Å². The molecule has 0 aliphatic carbocycles. The molecule has 0 radical (unpaired) electrons. The number of benzene rings is 1. The van der Waals surface area contributed by atoms with Gasteiger partial charge in [-0.2, -0.15) is 0 Å². The van der Waals surface area contributed by atoms with Gasteiger partial charge in [0.15, 0.2) is 11.0 Å². The lowest BCUT2D eigenvalue weighted by molar-refractivity contribution is 0.0526. The first-order valence-electron chi connectivity index (χ1n) is 6.85. The molecule has 2 amide bonds. The van der Waals surface area contributed by atoms with Crippen molar-refractivity contribution >= 4 is 35.3 Å². The van der Waals surface area contributed by atoms with Gasteiger partial charge in [0.2, 0.25) is 0 Å². The average Bonchev–Trinajstić information content (AvgIpc) is 2.55. The molecule has 0 aliphatic rings. The standard InChI is InChI=1S/C15H16N4O3S/c1-3-22-13(20)11-9-16-15(23-2)19-12(11)18-14(21)17-10-7-5-4-6-8-10/h4-9H,3H2,1-2H3,(H2,16,17,18,19,21). The summed E-state index contributed by atoms with van der Waals surface area (Å²) < 4.78 is 4.94. The summed E-state index contributed by atoms with van der Waals surface area (Å²) in [6, 6.07) is 8.44. The molecule has 7 nitrogen and oxygen atoms in total. The number of ether oxygens (including phenoxy) is 1. The number of anilines is 2. The Balaban J connectivity index is 2.19. The van der Waals surface area contributed by atoms with E-state index in [2.05, 4.69) is 20.6 Å². The Hall–Kier alpha value is -2.61. The van der Waals surface area contributed by atoms with Gasteiger partial charge >= 0.3 is 12.0 Å². The Kier molecular flexibility index (Phi) is 5.93. The van der Waals surface area contributed by atoms with Crippen molar-refractivity contribution in [2.45, 2.75) is 12.1 Å². The molecule has 23 heavy (non-hydrogen) atoms. The van der Waals surface area contributed by atoms with Gasteiger partial charge in [-0.15, -0.1) is 0 Å². The van der Waals surface area contributed by atoms with E-state index in [9.17, 15) is 9.59 Å². The second-order valence-electron chi connectivity index (χ2n) is 4.28. The molecule has 0 saturated carbocycles. The van der Waals surface area contributed by atoms with Gasteiger partial charge in [-0.1, -0.05) is 30.0 Å². The Bertz CT molecular complexity index is 694. The summed E-state index contributed by atoms with van der Waals surface area (Å²) in [7, 11) is 0. The number of rotatable bonds is 5. The van der Waals surface area contributed by atoms with E-state index in [1.807, 2.05) is 6.07 Å². The molecule has 0 unspecified atom stereocenters. The van der Waals surface area contributed by atoms with Crippen molar-refractivity contribution < 1.29 is 14.3 Å². The van der Waals surface area contributed by atoms with Gasteiger partial charge in [0.25, 0.3) is 0 Å². The van der Waals surface area contributed by atoms with Crippen LogP contribution >= 0.6 is 11.8 Å². The number of carbonyl (C=O) groups excluding carboxylic acids is 2. The zero-order valence-corrected chi connectivity index (χ0v) is 13.5. The maximum absolute atomic E-state index is 12.1. The lowest BCUT2D eigenvalue weighted by Crippen LogP contribution is -2.22. The smallest absolute Gasteiger partial charge is 0.343 e. The van der Waals surface area contributed by atoms with E-state index in [0.29, 0.717) is 10.8 Å². The quantitative estimate of drug-likeness (QED) is 0.497. The number of aromatic nitrogens is 2. The number of carbonyl (C=O) groups is 2. The summed E-state index contributed by atoms with van der Waals surface area (Å²) >= 11 is 1.30. The number of nitrogens with zero attached hydrogens (tertiary/aromatic N) is 2. The number of hydrogen-bond donors (Lipinski definition) is 2. The van der Waals surface area contributed by atoms with Crippen LogP contribution in [-0.4, -0.2) is 34.8 Å². The van der Waals surface area contributed by atoms with E-state index in [-0.39, 0.29) is 18.0 Å². The van der Waals surface area contributed by atoms with Gasteiger partial charge in [-0.05, 0) is 25.3 Å². The maximum atomic E-state index is 12.1. The highest BCUT2D eigenvalue weighted by Crippen LogP contribution is 2.18. The molecular formula is C15H16N4O3S. The van der Waals surface area contributed by atoms with Crippen LogP contribution in [0.4, 0.5) is 16.3 Å². The molecule has 120 valence electrons. The molecule has 0 atom stereocenters. The van der Waals surface area contributed by atoms with Crippen LogP contribution in [-0.2, 0) is 4.74 Å². The predicted molar refractivity (Wildman–Crippen MR) is 88.9 cm³/mol. The fourth-order valence-electron chi connectivity index (χ4n) is 1.71. The van der Waals surface area contributed by atoms with Gasteiger partial charge in [0, 0.05) is 11.9 Å². The van der Waals surface area contributed by atoms with E-state index >= 15 is 0 Å². The number of nitrogens with one attached hydrogen (secondary N) is 2. The van der Waals surface area contributed by atoms with Gasteiger partial charge in [-0.3, -0.25) is 5.32 Å². The zero-order chi connectivity index (χ0) is 16.7. The first-order valence-corrected chi connectivity index (χ1v) is 8.07. The largest absolute Gasteiger partial charge is 0.462 e. The van der Waals surface area contributed by atoms with E-state index in [0.717, 1.165) is 0 Å². The third-order valence-electron chi connectivity index (χ3n) is 2.71. The van der Waals surface area contributed by atoms with Gasteiger partial charge < -0.3 is 10.1 Å². The maximum Gasteiger partial charge on any atom is 0.343 e. The second kappa shape index (κ2) is 8.14. The minimum atomic E-state index is -0.588. The molecule has 2 rings (SSSR count). The number of esters is 1. The van der Waals surface area contributed by atoms with Crippen LogP contribution < -0.4 is 10.6 Å². The molecule has 0 aliphatic heterocycles. The highest BCUT2D eigenvalue weighted by atomic mass is 32.2. The highest BCUT2D eigenvalue weighted by molar-refractivity contribution is 7.98. The lowest BCUT2D eigenvalue weighted by Gasteiger charge is -2.11. The van der Waals surface area contributed by atoms with Crippen molar-refractivity contribution in [3.8, 4) is 0 Å². The Morgan fingerprint density at radius 2 is 1.96 bits per heavy atom. The number of amides is 2. The molecule has 2 aromatic rings. The van der Waals surface area contributed by atoms with Crippen molar-refractivity contribution in [2.75, 3.05) is 23.5 Å². The Morgan fingerprint density at radius 3 is 2.61 bits per heavy atom. The average molecular weight is 332 g/mol. The van der Waals surface area contributed by atoms with Gasteiger partial charge in [0.05, 0.1) is 6.61 Å². The fourth-order valence-corrected chi connectivity index (χ4v) is 2.05. The molecule has 0 bridgehead atoms. The van der Waals surface area contributed by atoms with Crippen LogP contribution in [0.2, 0.25) is 0 Å². The number of para-hydroxylation sites is 1. The molecule has 1 aromatic carbocycles.